The highest BCUT2D eigenvalue weighted by Crippen LogP contribution is 2.28. The van der Waals surface area contributed by atoms with Gasteiger partial charge in [0.1, 0.15) is 24.0 Å². The molecule has 0 heterocycles. The van der Waals surface area contributed by atoms with Gasteiger partial charge in [0.2, 0.25) is 0 Å². The second kappa shape index (κ2) is 8.09. The van der Waals surface area contributed by atoms with Crippen molar-refractivity contribution < 1.29 is 30.3 Å². The van der Waals surface area contributed by atoms with E-state index >= 15 is 0 Å². The van der Waals surface area contributed by atoms with Crippen LogP contribution in [0.2, 0.25) is 0 Å². The zero-order valence-electron chi connectivity index (χ0n) is 11.5. The normalized spacial score (nSPS) is 15.1. The average Bonchev–Trinajstić information content (AvgIpc) is 2.52. The van der Waals surface area contributed by atoms with Crippen LogP contribution in [0, 0.1) is 20.2 Å². The Kier molecular flexibility index (Phi) is 6.47. The van der Waals surface area contributed by atoms with Crippen LogP contribution in [0.25, 0.3) is 0 Å². The molecule has 5 N–H and O–H groups in total. The number of nitro benzene ring substituents is 2. The standard InChI is InChI=1S/C11H14N4O8/c16-5-10(18)11(19)9(17)4-12-13-7-2-1-6(14(20)21)3-8(7)15(22)23/h1-4,9-11,13,16-19H,5H2/t9-,10+,11-/m1/s1. The molecule has 0 aliphatic rings. The van der Waals surface area contributed by atoms with Gasteiger partial charge in [-0.05, 0) is 6.07 Å². The fraction of sp³-hybridized carbons (Fsp3) is 0.364. The van der Waals surface area contributed by atoms with E-state index in [-0.39, 0.29) is 5.69 Å². The largest absolute Gasteiger partial charge is 0.394 e. The van der Waals surface area contributed by atoms with Gasteiger partial charge in [-0.3, -0.25) is 25.7 Å². The van der Waals surface area contributed by atoms with Crippen molar-refractivity contribution in [3.63, 3.8) is 0 Å². The first-order valence-electron chi connectivity index (χ1n) is 6.15. The Morgan fingerprint density at radius 1 is 1.22 bits per heavy atom. The molecule has 12 heteroatoms. The number of aliphatic hydroxyl groups excluding tert-OH is 4. The predicted octanol–water partition coefficient (Wildman–Crippen LogP) is -1.02. The number of nitro groups is 2. The molecule has 0 aliphatic carbocycles. The molecule has 126 valence electrons. The quantitative estimate of drug-likeness (QED) is 0.225. The number of benzene rings is 1. The molecule has 3 atom stereocenters. The number of rotatable bonds is 8. The van der Waals surface area contributed by atoms with Crippen LogP contribution in [0.5, 0.6) is 0 Å². The van der Waals surface area contributed by atoms with Crippen LogP contribution < -0.4 is 5.43 Å². The van der Waals surface area contributed by atoms with E-state index in [0.29, 0.717) is 0 Å². The molecule has 0 bridgehead atoms. The average molecular weight is 330 g/mol. The minimum absolute atomic E-state index is 0.179. The van der Waals surface area contributed by atoms with Gasteiger partial charge in [-0.15, -0.1) is 0 Å². The van der Waals surface area contributed by atoms with E-state index in [1.54, 1.807) is 0 Å². The van der Waals surface area contributed by atoms with Crippen molar-refractivity contribution >= 4 is 23.3 Å². The number of aliphatic hydroxyl groups is 4. The molecule has 0 aromatic heterocycles. The van der Waals surface area contributed by atoms with Crippen LogP contribution >= 0.6 is 0 Å². The topological polar surface area (TPSA) is 192 Å². The summed E-state index contributed by atoms with van der Waals surface area (Å²) in [5.74, 6) is 0. The summed E-state index contributed by atoms with van der Waals surface area (Å²) in [4.78, 5) is 19.8. The first-order valence-corrected chi connectivity index (χ1v) is 6.15. The fourth-order valence-corrected chi connectivity index (χ4v) is 1.49. The Morgan fingerprint density at radius 3 is 2.39 bits per heavy atom. The third-order valence-electron chi connectivity index (χ3n) is 2.73. The zero-order valence-corrected chi connectivity index (χ0v) is 11.5. The van der Waals surface area contributed by atoms with E-state index in [1.807, 2.05) is 0 Å². The van der Waals surface area contributed by atoms with Gasteiger partial charge in [0.05, 0.1) is 28.7 Å². The number of anilines is 1. The second-order valence-corrected chi connectivity index (χ2v) is 4.34. The lowest BCUT2D eigenvalue weighted by atomic mass is 10.1. The molecule has 0 saturated heterocycles. The molecule has 0 unspecified atom stereocenters. The van der Waals surface area contributed by atoms with Gasteiger partial charge in [-0.25, -0.2) is 0 Å². The predicted molar refractivity (Wildman–Crippen MR) is 77.0 cm³/mol. The SMILES string of the molecule is O=[N+]([O-])c1ccc(NN=C[C@@H](O)[C@@H](O)[C@@H](O)CO)c([N+](=O)[O-])c1. The highest BCUT2D eigenvalue weighted by molar-refractivity contribution is 5.69. The van der Waals surface area contributed by atoms with Gasteiger partial charge in [-0.2, -0.15) is 5.10 Å². The highest BCUT2D eigenvalue weighted by Gasteiger charge is 2.23. The van der Waals surface area contributed by atoms with Crippen molar-refractivity contribution in [2.24, 2.45) is 5.10 Å². The van der Waals surface area contributed by atoms with Crippen molar-refractivity contribution in [3.05, 3.63) is 38.4 Å². The van der Waals surface area contributed by atoms with Crippen LogP contribution in [-0.4, -0.2) is 61.4 Å². The Labute approximate surface area is 128 Å². The molecular weight excluding hydrogens is 316 g/mol. The van der Waals surface area contributed by atoms with E-state index in [1.165, 1.54) is 0 Å². The molecule has 0 spiro atoms. The van der Waals surface area contributed by atoms with E-state index in [4.69, 9.17) is 10.2 Å². The summed E-state index contributed by atoms with van der Waals surface area (Å²) in [5.41, 5.74) is 0.926. The molecule has 1 rings (SSSR count). The fourth-order valence-electron chi connectivity index (χ4n) is 1.49. The van der Waals surface area contributed by atoms with Gasteiger partial charge in [0.15, 0.2) is 0 Å². The number of hydrogen-bond acceptors (Lipinski definition) is 10. The first-order chi connectivity index (χ1) is 10.8. The molecule has 0 saturated carbocycles. The lowest BCUT2D eigenvalue weighted by Crippen LogP contribution is -2.40. The maximum atomic E-state index is 10.9. The summed E-state index contributed by atoms with van der Waals surface area (Å²) in [5, 5.41) is 61.5. The zero-order chi connectivity index (χ0) is 17.6. The van der Waals surface area contributed by atoms with Crippen LogP contribution in [0.15, 0.2) is 23.3 Å². The third-order valence-corrected chi connectivity index (χ3v) is 2.73. The molecular formula is C11H14N4O8. The molecule has 1 aromatic rings. The molecule has 12 nitrogen and oxygen atoms in total. The highest BCUT2D eigenvalue weighted by atomic mass is 16.6. The van der Waals surface area contributed by atoms with Crippen LogP contribution in [0.3, 0.4) is 0 Å². The van der Waals surface area contributed by atoms with Gasteiger partial charge in [-0.1, -0.05) is 0 Å². The Bertz CT molecular complexity index is 608. The van der Waals surface area contributed by atoms with Crippen LogP contribution in [0.1, 0.15) is 0 Å². The molecule has 0 amide bonds. The summed E-state index contributed by atoms with van der Waals surface area (Å²) in [6.45, 7) is -0.784. The molecule has 23 heavy (non-hydrogen) atoms. The van der Waals surface area contributed by atoms with E-state index in [9.17, 15) is 30.4 Å². The number of nitrogens with one attached hydrogen (secondary N) is 1. The number of nitrogens with zero attached hydrogens (tertiary/aromatic N) is 3. The van der Waals surface area contributed by atoms with Crippen LogP contribution in [-0.2, 0) is 0 Å². The second-order valence-electron chi connectivity index (χ2n) is 4.34. The van der Waals surface area contributed by atoms with E-state index < -0.39 is 46.1 Å². The minimum atomic E-state index is -1.71. The molecule has 1 aromatic carbocycles. The Morgan fingerprint density at radius 2 is 1.87 bits per heavy atom. The lowest BCUT2D eigenvalue weighted by Gasteiger charge is -2.18. The maximum absolute atomic E-state index is 10.9. The molecule has 0 radical (unpaired) electrons. The summed E-state index contributed by atoms with van der Waals surface area (Å²) < 4.78 is 0. The number of hydrogen-bond donors (Lipinski definition) is 5. The molecule has 0 fully saturated rings. The van der Waals surface area contributed by atoms with Gasteiger partial charge in [0.25, 0.3) is 5.69 Å². The monoisotopic (exact) mass is 330 g/mol. The Balaban J connectivity index is 2.87. The summed E-state index contributed by atoms with van der Waals surface area (Å²) in [6, 6.07) is 2.81. The van der Waals surface area contributed by atoms with E-state index in [0.717, 1.165) is 24.4 Å². The van der Waals surface area contributed by atoms with Gasteiger partial charge in [0, 0.05) is 6.07 Å². The third kappa shape index (κ3) is 4.93. The van der Waals surface area contributed by atoms with Crippen molar-refractivity contribution in [2.45, 2.75) is 18.3 Å². The van der Waals surface area contributed by atoms with Crippen molar-refractivity contribution in [3.8, 4) is 0 Å². The van der Waals surface area contributed by atoms with Gasteiger partial charge < -0.3 is 20.4 Å². The van der Waals surface area contributed by atoms with Gasteiger partial charge >= 0.3 is 5.69 Å². The van der Waals surface area contributed by atoms with Crippen molar-refractivity contribution in [1.29, 1.82) is 0 Å². The van der Waals surface area contributed by atoms with Crippen LogP contribution in [0.4, 0.5) is 17.1 Å². The smallest absolute Gasteiger partial charge is 0.301 e. The summed E-state index contributed by atoms with van der Waals surface area (Å²) in [7, 11) is 0. The number of hydrazone groups is 1. The number of non-ortho nitro benzene ring substituents is 1. The van der Waals surface area contributed by atoms with Crippen molar-refractivity contribution in [1.82, 2.24) is 0 Å². The lowest BCUT2D eigenvalue weighted by molar-refractivity contribution is -0.393. The van der Waals surface area contributed by atoms with Crippen molar-refractivity contribution in [2.75, 3.05) is 12.0 Å². The summed E-state index contributed by atoms with van der Waals surface area (Å²) >= 11 is 0. The molecule has 0 aliphatic heterocycles. The van der Waals surface area contributed by atoms with E-state index in [2.05, 4.69) is 10.5 Å². The Hall–Kier alpha value is -2.67. The summed E-state index contributed by atoms with van der Waals surface area (Å²) in [6.07, 6.45) is -4.21. The first kappa shape index (κ1) is 18.4. The maximum Gasteiger partial charge on any atom is 0.301 e. The minimum Gasteiger partial charge on any atom is -0.394 e.